The quantitative estimate of drug-likeness (QED) is 0.842. The number of carbonyl (C=O) groups excluding carboxylic acids is 1. The van der Waals surface area contributed by atoms with E-state index in [0.29, 0.717) is 32.5 Å². The van der Waals surface area contributed by atoms with Crippen LogP contribution in [0, 0.1) is 0 Å². The molecule has 5 nitrogen and oxygen atoms in total. The highest BCUT2D eigenvalue weighted by Crippen LogP contribution is 2.35. The highest BCUT2D eigenvalue weighted by molar-refractivity contribution is 5.84. The van der Waals surface area contributed by atoms with E-state index in [0.717, 1.165) is 16.5 Å². The molecule has 2 aliphatic rings. The second kappa shape index (κ2) is 7.20. The van der Waals surface area contributed by atoms with Crippen molar-refractivity contribution < 1.29 is 18.3 Å². The zero-order valence-electron chi connectivity index (χ0n) is 15.5. The molecule has 1 aromatic heterocycles. The van der Waals surface area contributed by atoms with E-state index in [1.54, 1.807) is 4.90 Å². The van der Waals surface area contributed by atoms with E-state index in [4.69, 9.17) is 4.74 Å². The van der Waals surface area contributed by atoms with E-state index < -0.39 is 5.92 Å². The highest BCUT2D eigenvalue weighted by atomic mass is 19.3. The molecule has 4 rings (SSSR count). The van der Waals surface area contributed by atoms with Crippen LogP contribution in [0.2, 0.25) is 0 Å². The van der Waals surface area contributed by atoms with Crippen LogP contribution >= 0.6 is 0 Å². The molecule has 2 saturated heterocycles. The minimum Gasteiger partial charge on any atom is -0.383 e. The lowest BCUT2D eigenvalue weighted by atomic mass is 10.0. The number of ether oxygens (including phenoxy) is 1. The number of rotatable bonds is 6. The summed E-state index contributed by atoms with van der Waals surface area (Å²) in [5.41, 5.74) is 2.21. The van der Waals surface area contributed by atoms with Crippen molar-refractivity contribution in [3.8, 4) is 0 Å². The molecule has 1 atom stereocenters. The van der Waals surface area contributed by atoms with E-state index >= 15 is 0 Å². The topological polar surface area (TPSA) is 48.6 Å². The zero-order valence-corrected chi connectivity index (χ0v) is 15.5. The molecule has 7 heteroatoms. The Bertz CT molecular complexity index is 816. The van der Waals surface area contributed by atoms with Crippen LogP contribution in [0.25, 0.3) is 10.9 Å². The van der Waals surface area contributed by atoms with Crippen LogP contribution in [0.3, 0.4) is 0 Å². The second-order valence-electron chi connectivity index (χ2n) is 7.65. The van der Waals surface area contributed by atoms with Gasteiger partial charge in [0.2, 0.25) is 5.91 Å². The number of nitrogens with zero attached hydrogens (tertiary/aromatic N) is 2. The molecule has 0 spiro atoms. The summed E-state index contributed by atoms with van der Waals surface area (Å²) in [6, 6.07) is 7.78. The number of nitrogens with one attached hydrogen (secondary N) is 1. The minimum absolute atomic E-state index is 0.00978. The Morgan fingerprint density at radius 3 is 2.89 bits per heavy atom. The molecule has 2 aromatic rings. The third-order valence-electron chi connectivity index (χ3n) is 5.74. The molecule has 1 aromatic carbocycles. The maximum atomic E-state index is 13.8. The fourth-order valence-corrected chi connectivity index (χ4v) is 4.30. The molecule has 3 heterocycles. The lowest BCUT2D eigenvalue weighted by Gasteiger charge is -2.45. The van der Waals surface area contributed by atoms with Gasteiger partial charge in [0.15, 0.2) is 0 Å². The first-order valence-corrected chi connectivity index (χ1v) is 9.42. The number of H-pyrrole nitrogens is 1. The maximum absolute atomic E-state index is 13.8. The summed E-state index contributed by atoms with van der Waals surface area (Å²) in [6.07, 6.45) is 2.91. The number of alkyl halides is 2. The number of hydrogen-bond acceptors (Lipinski definition) is 3. The van der Waals surface area contributed by atoms with Gasteiger partial charge >= 0.3 is 0 Å². The van der Waals surface area contributed by atoms with Crippen molar-refractivity contribution in [3.05, 3.63) is 36.0 Å². The summed E-state index contributed by atoms with van der Waals surface area (Å²) in [5.74, 6) is -2.58. The standard InChI is InChI=1S/C20H25F2N3O2/c1-27-12-15-8-20(21,22)13-25(15)16-10-24(11-16)19(26)7-6-14-9-23-18-5-3-2-4-17(14)18/h2-5,9,15-16,23H,6-8,10-13H2,1H3. The van der Waals surface area contributed by atoms with Gasteiger partial charge in [0.05, 0.1) is 13.2 Å². The molecular formula is C20H25F2N3O2. The van der Waals surface area contributed by atoms with Gasteiger partial charge in [0, 0.05) is 62.2 Å². The molecule has 2 aliphatic heterocycles. The van der Waals surface area contributed by atoms with Gasteiger partial charge in [-0.25, -0.2) is 8.78 Å². The molecule has 0 radical (unpaired) electrons. The first-order valence-electron chi connectivity index (χ1n) is 9.42. The van der Waals surface area contributed by atoms with Crippen molar-refractivity contribution >= 4 is 16.8 Å². The molecule has 1 N–H and O–H groups in total. The first kappa shape index (κ1) is 18.4. The van der Waals surface area contributed by atoms with Gasteiger partial charge in [-0.05, 0) is 18.1 Å². The number of aryl methyl sites for hydroxylation is 1. The van der Waals surface area contributed by atoms with Crippen molar-refractivity contribution in [2.75, 3.05) is 33.4 Å². The van der Waals surface area contributed by atoms with Crippen molar-refractivity contribution in [2.24, 2.45) is 0 Å². The third-order valence-corrected chi connectivity index (χ3v) is 5.74. The van der Waals surface area contributed by atoms with Crippen LogP contribution in [-0.2, 0) is 16.0 Å². The number of carbonyl (C=O) groups is 1. The fraction of sp³-hybridized carbons (Fsp3) is 0.550. The summed E-state index contributed by atoms with van der Waals surface area (Å²) >= 11 is 0. The molecule has 146 valence electrons. The van der Waals surface area contributed by atoms with Gasteiger partial charge in [0.25, 0.3) is 5.92 Å². The van der Waals surface area contributed by atoms with Gasteiger partial charge in [-0.2, -0.15) is 0 Å². The number of aromatic nitrogens is 1. The Balaban J connectivity index is 1.29. The number of hydrogen-bond donors (Lipinski definition) is 1. The average molecular weight is 377 g/mol. The van der Waals surface area contributed by atoms with E-state index in [1.165, 1.54) is 7.11 Å². The van der Waals surface area contributed by atoms with Crippen LogP contribution in [0.5, 0.6) is 0 Å². The molecular weight excluding hydrogens is 352 g/mol. The Kier molecular flexibility index (Phi) is 4.90. The van der Waals surface area contributed by atoms with E-state index in [1.807, 2.05) is 29.3 Å². The summed E-state index contributed by atoms with van der Waals surface area (Å²) in [6.45, 7) is 1.13. The predicted octanol–water partition coefficient (Wildman–Crippen LogP) is 2.67. The SMILES string of the molecule is COCC1CC(F)(F)CN1C1CN(C(=O)CCc2c[nH]c3ccccc23)C1. The molecule has 0 aliphatic carbocycles. The zero-order chi connectivity index (χ0) is 19.0. The largest absolute Gasteiger partial charge is 0.383 e. The minimum atomic E-state index is -2.66. The lowest BCUT2D eigenvalue weighted by molar-refractivity contribution is -0.139. The Labute approximate surface area is 157 Å². The summed E-state index contributed by atoms with van der Waals surface area (Å²) in [5, 5.41) is 1.15. The lowest BCUT2D eigenvalue weighted by Crippen LogP contribution is -2.62. The van der Waals surface area contributed by atoms with Gasteiger partial charge in [-0.1, -0.05) is 18.2 Å². The number of likely N-dealkylation sites (tertiary alicyclic amines) is 2. The van der Waals surface area contributed by atoms with Crippen LogP contribution in [0.1, 0.15) is 18.4 Å². The number of methoxy groups -OCH3 is 1. The van der Waals surface area contributed by atoms with Gasteiger partial charge in [-0.15, -0.1) is 0 Å². The molecule has 2 fully saturated rings. The van der Waals surface area contributed by atoms with E-state index in [-0.39, 0.29) is 31.0 Å². The number of fused-ring (bicyclic) bond motifs is 1. The molecule has 0 saturated carbocycles. The number of benzene rings is 1. The predicted molar refractivity (Wildman–Crippen MR) is 98.9 cm³/mol. The Hall–Kier alpha value is -1.99. The molecule has 27 heavy (non-hydrogen) atoms. The van der Waals surface area contributed by atoms with Crippen molar-refractivity contribution in [3.63, 3.8) is 0 Å². The fourth-order valence-electron chi connectivity index (χ4n) is 4.30. The van der Waals surface area contributed by atoms with Crippen molar-refractivity contribution in [1.82, 2.24) is 14.8 Å². The van der Waals surface area contributed by atoms with Crippen LogP contribution in [0.15, 0.2) is 30.5 Å². The van der Waals surface area contributed by atoms with Crippen LogP contribution in [-0.4, -0.2) is 72.0 Å². The Morgan fingerprint density at radius 2 is 2.11 bits per heavy atom. The molecule has 0 bridgehead atoms. The highest BCUT2D eigenvalue weighted by Gasteiger charge is 2.50. The number of para-hydroxylation sites is 1. The van der Waals surface area contributed by atoms with Gasteiger partial charge < -0.3 is 14.6 Å². The molecule has 1 amide bonds. The van der Waals surface area contributed by atoms with Crippen LogP contribution < -0.4 is 0 Å². The summed E-state index contributed by atoms with van der Waals surface area (Å²) in [4.78, 5) is 19.3. The Morgan fingerprint density at radius 1 is 1.33 bits per heavy atom. The number of halogens is 2. The smallest absolute Gasteiger partial charge is 0.262 e. The molecule has 1 unspecified atom stereocenters. The normalized spacial score (nSPS) is 23.1. The maximum Gasteiger partial charge on any atom is 0.262 e. The third kappa shape index (κ3) is 3.71. The van der Waals surface area contributed by atoms with Crippen molar-refractivity contribution in [1.29, 1.82) is 0 Å². The first-order chi connectivity index (χ1) is 13.0. The second-order valence-corrected chi connectivity index (χ2v) is 7.65. The van der Waals surface area contributed by atoms with Gasteiger partial charge in [-0.3, -0.25) is 9.69 Å². The van der Waals surface area contributed by atoms with Crippen molar-refractivity contribution in [2.45, 2.75) is 37.3 Å². The monoisotopic (exact) mass is 377 g/mol. The van der Waals surface area contributed by atoms with Gasteiger partial charge in [0.1, 0.15) is 0 Å². The number of amides is 1. The summed E-state index contributed by atoms with van der Waals surface area (Å²) in [7, 11) is 1.54. The van der Waals surface area contributed by atoms with E-state index in [9.17, 15) is 13.6 Å². The summed E-state index contributed by atoms with van der Waals surface area (Å²) < 4.78 is 32.6. The number of aromatic amines is 1. The average Bonchev–Trinajstić information content (AvgIpc) is 3.13. The van der Waals surface area contributed by atoms with E-state index in [2.05, 4.69) is 11.1 Å². The van der Waals surface area contributed by atoms with Crippen LogP contribution in [0.4, 0.5) is 8.78 Å².